The molecule has 0 N–H and O–H groups in total. The van der Waals surface area contributed by atoms with Gasteiger partial charge in [-0.15, -0.1) is 6.58 Å². The van der Waals surface area contributed by atoms with E-state index in [0.29, 0.717) is 35.0 Å². The molecule has 1 amide bonds. The van der Waals surface area contributed by atoms with Crippen molar-refractivity contribution in [2.75, 3.05) is 13.1 Å². The van der Waals surface area contributed by atoms with Gasteiger partial charge in [-0.3, -0.25) is 4.79 Å². The summed E-state index contributed by atoms with van der Waals surface area (Å²) in [6.45, 7) is 7.31. The number of hydrogen-bond acceptors (Lipinski definition) is 4. The predicted molar refractivity (Wildman–Crippen MR) is 129 cm³/mol. The number of piperidine rings is 1. The summed E-state index contributed by atoms with van der Waals surface area (Å²) in [5, 5.41) is 0.650. The van der Waals surface area contributed by atoms with Gasteiger partial charge in [-0.2, -0.15) is 9.30 Å². The number of benzene rings is 2. The molecule has 0 aliphatic carbocycles. The zero-order valence-corrected chi connectivity index (χ0v) is 20.1. The third-order valence-electron chi connectivity index (χ3n) is 5.59. The van der Waals surface area contributed by atoms with Gasteiger partial charge < -0.3 is 4.57 Å². The summed E-state index contributed by atoms with van der Waals surface area (Å²) in [4.78, 5) is 17.9. The van der Waals surface area contributed by atoms with Crippen molar-refractivity contribution < 1.29 is 13.2 Å². The van der Waals surface area contributed by atoms with E-state index in [9.17, 15) is 13.2 Å². The van der Waals surface area contributed by atoms with Crippen LogP contribution < -0.4 is 4.80 Å². The van der Waals surface area contributed by atoms with Gasteiger partial charge in [-0.25, -0.2) is 8.42 Å². The first-order valence-corrected chi connectivity index (χ1v) is 13.0. The van der Waals surface area contributed by atoms with E-state index in [2.05, 4.69) is 11.6 Å². The van der Waals surface area contributed by atoms with Crippen molar-refractivity contribution in [3.63, 3.8) is 0 Å². The van der Waals surface area contributed by atoms with Crippen LogP contribution in [0.3, 0.4) is 0 Å². The SMILES string of the molecule is C=CCn1c(=NC(=O)c2ccc(S(=O)(=O)N3CCCCC3)cc2)sc2ccc(Cl)c(C)c21. The maximum Gasteiger partial charge on any atom is 0.279 e. The van der Waals surface area contributed by atoms with Crippen LogP contribution in [0.15, 0.2) is 58.9 Å². The summed E-state index contributed by atoms with van der Waals surface area (Å²) in [5.41, 5.74) is 2.18. The Kier molecular flexibility index (Phi) is 6.67. The van der Waals surface area contributed by atoms with Crippen molar-refractivity contribution >= 4 is 49.1 Å². The number of sulfonamides is 1. The average molecular weight is 490 g/mol. The zero-order chi connectivity index (χ0) is 22.9. The fourth-order valence-electron chi connectivity index (χ4n) is 3.87. The van der Waals surface area contributed by atoms with E-state index >= 15 is 0 Å². The van der Waals surface area contributed by atoms with Gasteiger partial charge in [0.05, 0.1) is 15.1 Å². The molecule has 1 saturated heterocycles. The number of fused-ring (bicyclic) bond motifs is 1. The number of rotatable bonds is 5. The van der Waals surface area contributed by atoms with Crippen LogP contribution in [0, 0.1) is 6.92 Å². The van der Waals surface area contributed by atoms with Crippen molar-refractivity contribution in [1.82, 2.24) is 8.87 Å². The minimum atomic E-state index is -3.54. The second-order valence-electron chi connectivity index (χ2n) is 7.71. The predicted octanol–water partition coefficient (Wildman–Crippen LogP) is 4.77. The monoisotopic (exact) mass is 489 g/mol. The number of carbonyl (C=O) groups excluding carboxylic acids is 1. The molecule has 168 valence electrons. The lowest BCUT2D eigenvalue weighted by molar-refractivity contribution is 0.0997. The van der Waals surface area contributed by atoms with Gasteiger partial charge in [-0.05, 0) is 61.7 Å². The molecule has 0 saturated carbocycles. The second kappa shape index (κ2) is 9.31. The molecule has 9 heteroatoms. The lowest BCUT2D eigenvalue weighted by Gasteiger charge is -2.25. The van der Waals surface area contributed by atoms with E-state index in [0.717, 1.165) is 35.0 Å². The number of allylic oxidation sites excluding steroid dienone is 1. The molecule has 0 unspecified atom stereocenters. The maximum atomic E-state index is 12.9. The Labute approximate surface area is 196 Å². The van der Waals surface area contributed by atoms with Crippen molar-refractivity contribution in [2.24, 2.45) is 4.99 Å². The van der Waals surface area contributed by atoms with Crippen LogP contribution in [0.1, 0.15) is 35.2 Å². The molecular formula is C23H24ClN3O3S2. The van der Waals surface area contributed by atoms with Crippen LogP contribution in [0.4, 0.5) is 0 Å². The van der Waals surface area contributed by atoms with Gasteiger partial charge in [0, 0.05) is 30.2 Å². The van der Waals surface area contributed by atoms with Crippen LogP contribution in [-0.4, -0.2) is 36.3 Å². The topological polar surface area (TPSA) is 71.7 Å². The molecule has 2 heterocycles. The highest BCUT2D eigenvalue weighted by molar-refractivity contribution is 7.89. The van der Waals surface area contributed by atoms with Crippen molar-refractivity contribution in [3.8, 4) is 0 Å². The lowest BCUT2D eigenvalue weighted by Crippen LogP contribution is -2.35. The maximum absolute atomic E-state index is 12.9. The number of aromatic nitrogens is 1. The molecule has 0 spiro atoms. The molecule has 3 aromatic rings. The molecule has 6 nitrogen and oxygen atoms in total. The molecule has 1 aliphatic heterocycles. The Balaban J connectivity index is 1.68. The first-order chi connectivity index (χ1) is 15.3. The van der Waals surface area contributed by atoms with Crippen molar-refractivity contribution in [3.05, 3.63) is 70.0 Å². The molecule has 1 aromatic heterocycles. The molecule has 1 aliphatic rings. The van der Waals surface area contributed by atoms with Crippen LogP contribution in [0.25, 0.3) is 10.2 Å². The van der Waals surface area contributed by atoms with Gasteiger partial charge in [0.2, 0.25) is 10.0 Å². The lowest BCUT2D eigenvalue weighted by atomic mass is 10.2. The number of halogens is 1. The highest BCUT2D eigenvalue weighted by Gasteiger charge is 2.26. The van der Waals surface area contributed by atoms with Crippen molar-refractivity contribution in [2.45, 2.75) is 37.6 Å². The summed E-state index contributed by atoms with van der Waals surface area (Å²) < 4.78 is 30.1. The highest BCUT2D eigenvalue weighted by Crippen LogP contribution is 2.27. The van der Waals surface area contributed by atoms with E-state index in [4.69, 9.17) is 11.6 Å². The van der Waals surface area contributed by atoms with E-state index in [-0.39, 0.29) is 4.90 Å². The summed E-state index contributed by atoms with van der Waals surface area (Å²) in [6.07, 6.45) is 4.55. The first kappa shape index (κ1) is 22.9. The Morgan fingerprint density at radius 3 is 2.50 bits per heavy atom. The van der Waals surface area contributed by atoms with E-state index < -0.39 is 15.9 Å². The first-order valence-electron chi connectivity index (χ1n) is 10.4. The summed E-state index contributed by atoms with van der Waals surface area (Å²) in [6, 6.07) is 9.77. The van der Waals surface area contributed by atoms with E-state index in [1.807, 2.05) is 23.6 Å². The minimum Gasteiger partial charge on any atom is -0.312 e. The van der Waals surface area contributed by atoms with Crippen molar-refractivity contribution in [1.29, 1.82) is 0 Å². The van der Waals surface area contributed by atoms with E-state index in [1.54, 1.807) is 6.08 Å². The van der Waals surface area contributed by atoms with Crippen LogP contribution in [0.2, 0.25) is 5.02 Å². The average Bonchev–Trinajstić information content (AvgIpc) is 3.15. The fraction of sp³-hybridized carbons (Fsp3) is 0.304. The smallest absolute Gasteiger partial charge is 0.279 e. The number of aryl methyl sites for hydroxylation is 1. The molecule has 1 fully saturated rings. The minimum absolute atomic E-state index is 0.199. The van der Waals surface area contributed by atoms with Gasteiger partial charge >= 0.3 is 0 Å². The number of nitrogens with zero attached hydrogens (tertiary/aromatic N) is 3. The highest BCUT2D eigenvalue weighted by atomic mass is 35.5. The zero-order valence-electron chi connectivity index (χ0n) is 17.8. The molecule has 0 atom stereocenters. The van der Waals surface area contributed by atoms with Gasteiger partial charge in [0.25, 0.3) is 5.91 Å². The molecule has 0 radical (unpaired) electrons. The van der Waals surface area contributed by atoms with E-state index in [1.165, 1.54) is 39.9 Å². The third kappa shape index (κ3) is 4.32. The second-order valence-corrected chi connectivity index (χ2v) is 11.1. The van der Waals surface area contributed by atoms with Gasteiger partial charge in [0.1, 0.15) is 0 Å². The molecule has 4 rings (SSSR count). The van der Waals surface area contributed by atoms with Crippen LogP contribution in [-0.2, 0) is 16.6 Å². The molecular weight excluding hydrogens is 466 g/mol. The normalized spacial score (nSPS) is 15.9. The Morgan fingerprint density at radius 2 is 1.84 bits per heavy atom. The van der Waals surface area contributed by atoms with Crippen LogP contribution in [0.5, 0.6) is 0 Å². The number of hydrogen-bond donors (Lipinski definition) is 0. The standard InChI is InChI=1S/C23H24ClN3O3S2/c1-3-13-27-21-16(2)19(24)11-12-20(21)31-23(27)25-22(28)17-7-9-18(10-8-17)32(29,30)26-14-5-4-6-15-26/h3,7-12H,1,4-6,13-15H2,2H3. The number of thiazole rings is 1. The summed E-state index contributed by atoms with van der Waals surface area (Å²) in [7, 11) is -3.54. The number of amides is 1. The third-order valence-corrected chi connectivity index (χ3v) is 8.96. The largest absolute Gasteiger partial charge is 0.312 e. The van der Waals surface area contributed by atoms with Gasteiger partial charge in [-0.1, -0.05) is 35.4 Å². The fourth-order valence-corrected chi connectivity index (χ4v) is 6.64. The summed E-state index contributed by atoms with van der Waals surface area (Å²) >= 11 is 7.70. The molecule has 2 aromatic carbocycles. The van der Waals surface area contributed by atoms with Crippen LogP contribution >= 0.6 is 22.9 Å². The Bertz CT molecular complexity index is 1350. The Morgan fingerprint density at radius 1 is 1.16 bits per heavy atom. The Hall–Kier alpha value is -2.26. The van der Waals surface area contributed by atoms with Gasteiger partial charge in [0.15, 0.2) is 4.80 Å². The summed E-state index contributed by atoms with van der Waals surface area (Å²) in [5.74, 6) is -0.431. The number of carbonyl (C=O) groups is 1. The molecule has 32 heavy (non-hydrogen) atoms. The molecule has 0 bridgehead atoms. The quantitative estimate of drug-likeness (QED) is 0.485.